The second-order valence-electron chi connectivity index (χ2n) is 5.18. The minimum atomic E-state index is -4.18. The van der Waals surface area contributed by atoms with Crippen LogP contribution in [-0.4, -0.2) is 20.1 Å². The Labute approximate surface area is 122 Å². The van der Waals surface area contributed by atoms with Gasteiger partial charge in [-0.05, 0) is 39.0 Å². The van der Waals surface area contributed by atoms with Gasteiger partial charge in [0.2, 0.25) is 0 Å². The molecule has 0 heterocycles. The average Bonchev–Trinajstić information content (AvgIpc) is 2.26. The molecule has 1 rings (SSSR count). The van der Waals surface area contributed by atoms with E-state index in [9.17, 15) is 17.6 Å². The number of hydrogen-bond donors (Lipinski definition) is 2. The van der Waals surface area contributed by atoms with Crippen LogP contribution in [0.15, 0.2) is 18.2 Å². The summed E-state index contributed by atoms with van der Waals surface area (Å²) in [6, 6.07) is 3.39. The molecule has 3 N–H and O–H groups in total. The third kappa shape index (κ3) is 7.02. The topological polar surface area (TPSA) is 108 Å². The summed E-state index contributed by atoms with van der Waals surface area (Å²) < 4.78 is 44.1. The number of benzene rings is 1. The zero-order chi connectivity index (χ0) is 16.3. The van der Waals surface area contributed by atoms with Crippen molar-refractivity contribution in [1.82, 2.24) is 0 Å². The zero-order valence-electron chi connectivity index (χ0n) is 11.8. The first-order chi connectivity index (χ1) is 9.46. The summed E-state index contributed by atoms with van der Waals surface area (Å²) in [6.45, 7) is 4.54. The maximum absolute atomic E-state index is 13.2. The first-order valence-corrected chi connectivity index (χ1v) is 7.39. The van der Waals surface area contributed by atoms with Crippen LogP contribution in [0.5, 0.6) is 0 Å². The molecule has 21 heavy (non-hydrogen) atoms. The molecule has 0 saturated carbocycles. The molecule has 0 spiro atoms. The third-order valence-electron chi connectivity index (χ3n) is 2.08. The molecule has 1 aromatic rings. The molecule has 118 valence electrons. The lowest BCUT2D eigenvalue weighted by Gasteiger charge is -2.20. The Bertz CT molecular complexity index is 625. The molecule has 0 atom stereocenters. The molecule has 0 aliphatic rings. The molecular formula is C12H17FN2O5S. The highest BCUT2D eigenvalue weighted by atomic mass is 32.2. The first-order valence-electron chi connectivity index (χ1n) is 5.92. The Morgan fingerprint density at radius 1 is 1.38 bits per heavy atom. The number of carbonyl (C=O) groups is 1. The molecule has 0 saturated heterocycles. The molecule has 0 aromatic heterocycles. The van der Waals surface area contributed by atoms with Gasteiger partial charge in [-0.25, -0.2) is 14.3 Å². The highest BCUT2D eigenvalue weighted by Crippen LogP contribution is 2.20. The Kier molecular flexibility index (Phi) is 5.26. The molecule has 0 unspecified atom stereocenters. The molecule has 0 fully saturated rings. The molecule has 9 heteroatoms. The van der Waals surface area contributed by atoms with Gasteiger partial charge in [0.25, 0.3) is 0 Å². The Balaban J connectivity index is 2.89. The molecule has 0 bridgehead atoms. The predicted octanol–water partition coefficient (Wildman–Crippen LogP) is 1.89. The molecule has 0 radical (unpaired) electrons. The smallest absolute Gasteiger partial charge is 0.412 e. The van der Waals surface area contributed by atoms with Gasteiger partial charge < -0.3 is 4.74 Å². The van der Waals surface area contributed by atoms with Crippen LogP contribution in [0.1, 0.15) is 26.3 Å². The Hall–Kier alpha value is -1.71. The lowest BCUT2D eigenvalue weighted by molar-refractivity contribution is 0.0635. The maximum Gasteiger partial charge on any atom is 0.412 e. The Morgan fingerprint density at radius 2 is 2.00 bits per heavy atom. The van der Waals surface area contributed by atoms with Crippen molar-refractivity contribution >= 4 is 22.1 Å². The van der Waals surface area contributed by atoms with E-state index in [1.807, 2.05) is 0 Å². The van der Waals surface area contributed by atoms with Gasteiger partial charge in [-0.3, -0.25) is 9.50 Å². The Morgan fingerprint density at radius 3 is 2.52 bits per heavy atom. The van der Waals surface area contributed by atoms with Crippen LogP contribution < -0.4 is 10.5 Å². The summed E-state index contributed by atoms with van der Waals surface area (Å²) in [7, 11) is -4.18. The van der Waals surface area contributed by atoms with Gasteiger partial charge in [-0.15, -0.1) is 0 Å². The van der Waals surface area contributed by atoms with Gasteiger partial charge in [0.15, 0.2) is 0 Å². The molecule has 7 nitrogen and oxygen atoms in total. The largest absolute Gasteiger partial charge is 0.444 e. The molecular weight excluding hydrogens is 303 g/mol. The van der Waals surface area contributed by atoms with Crippen molar-refractivity contribution in [3.63, 3.8) is 0 Å². The fourth-order valence-electron chi connectivity index (χ4n) is 1.36. The van der Waals surface area contributed by atoms with E-state index in [1.54, 1.807) is 20.8 Å². The fraction of sp³-hybridized carbons (Fsp3) is 0.417. The number of nitrogens with two attached hydrogens (primary N) is 1. The number of amides is 1. The minimum absolute atomic E-state index is 0.106. The number of anilines is 1. The number of nitrogens with one attached hydrogen (secondary N) is 1. The van der Waals surface area contributed by atoms with Crippen LogP contribution in [0.4, 0.5) is 14.9 Å². The van der Waals surface area contributed by atoms with Crippen molar-refractivity contribution in [2.75, 3.05) is 5.32 Å². The highest BCUT2D eigenvalue weighted by molar-refractivity contribution is 7.84. The van der Waals surface area contributed by atoms with E-state index in [-0.39, 0.29) is 11.3 Å². The van der Waals surface area contributed by atoms with E-state index >= 15 is 0 Å². The van der Waals surface area contributed by atoms with Crippen molar-refractivity contribution in [2.24, 2.45) is 5.14 Å². The van der Waals surface area contributed by atoms with Crippen LogP contribution in [0.25, 0.3) is 0 Å². The monoisotopic (exact) mass is 320 g/mol. The number of ether oxygens (including phenoxy) is 1. The van der Waals surface area contributed by atoms with E-state index in [0.29, 0.717) is 0 Å². The van der Waals surface area contributed by atoms with Crippen molar-refractivity contribution in [3.05, 3.63) is 29.6 Å². The SMILES string of the molecule is CC(C)(C)OC(=O)Nc1ccc(F)cc1COS(N)(=O)=O. The summed E-state index contributed by atoms with van der Waals surface area (Å²) in [4.78, 5) is 11.7. The van der Waals surface area contributed by atoms with Crippen molar-refractivity contribution < 1.29 is 26.5 Å². The van der Waals surface area contributed by atoms with Gasteiger partial charge in [-0.1, -0.05) is 0 Å². The average molecular weight is 320 g/mol. The number of rotatable bonds is 4. The van der Waals surface area contributed by atoms with Crippen LogP contribution in [0.3, 0.4) is 0 Å². The summed E-state index contributed by atoms with van der Waals surface area (Å²) in [5.41, 5.74) is -0.439. The lowest BCUT2D eigenvalue weighted by atomic mass is 10.2. The normalized spacial score (nSPS) is 12.0. The summed E-state index contributed by atoms with van der Waals surface area (Å²) in [6.07, 6.45) is -0.758. The van der Waals surface area contributed by atoms with Crippen LogP contribution in [0.2, 0.25) is 0 Å². The van der Waals surface area contributed by atoms with E-state index in [1.165, 1.54) is 6.07 Å². The highest BCUT2D eigenvalue weighted by Gasteiger charge is 2.18. The summed E-state index contributed by atoms with van der Waals surface area (Å²) >= 11 is 0. The molecule has 1 amide bonds. The molecule has 0 aliphatic carbocycles. The fourth-order valence-corrected chi connectivity index (χ4v) is 1.65. The quantitative estimate of drug-likeness (QED) is 0.881. The third-order valence-corrected chi connectivity index (χ3v) is 2.53. The second kappa shape index (κ2) is 6.37. The number of carbonyl (C=O) groups excluding carboxylic acids is 1. The summed E-state index contributed by atoms with van der Waals surface area (Å²) in [5.74, 6) is -0.613. The van der Waals surface area contributed by atoms with E-state index in [0.717, 1.165) is 12.1 Å². The van der Waals surface area contributed by atoms with Crippen molar-refractivity contribution in [1.29, 1.82) is 0 Å². The summed E-state index contributed by atoms with van der Waals surface area (Å²) in [5, 5.41) is 7.09. The van der Waals surface area contributed by atoms with Crippen LogP contribution in [-0.2, 0) is 25.8 Å². The van der Waals surface area contributed by atoms with E-state index in [4.69, 9.17) is 9.88 Å². The van der Waals surface area contributed by atoms with Gasteiger partial charge in [0.1, 0.15) is 11.4 Å². The maximum atomic E-state index is 13.2. The zero-order valence-corrected chi connectivity index (χ0v) is 12.7. The van der Waals surface area contributed by atoms with E-state index in [2.05, 4.69) is 9.50 Å². The minimum Gasteiger partial charge on any atom is -0.444 e. The van der Waals surface area contributed by atoms with Crippen molar-refractivity contribution in [2.45, 2.75) is 33.0 Å². The standard InChI is InChI=1S/C12H17FN2O5S/c1-12(2,3)20-11(16)15-10-5-4-9(13)6-8(10)7-19-21(14,17)18/h4-6H,7H2,1-3H3,(H,15,16)(H2,14,17,18). The van der Waals surface area contributed by atoms with Crippen molar-refractivity contribution in [3.8, 4) is 0 Å². The van der Waals surface area contributed by atoms with Gasteiger partial charge >= 0.3 is 16.4 Å². The van der Waals surface area contributed by atoms with Gasteiger partial charge in [0, 0.05) is 11.3 Å². The molecule has 1 aromatic carbocycles. The van der Waals surface area contributed by atoms with Crippen LogP contribution in [0, 0.1) is 5.82 Å². The van der Waals surface area contributed by atoms with Gasteiger partial charge in [0.05, 0.1) is 6.61 Å². The lowest BCUT2D eigenvalue weighted by Crippen LogP contribution is -2.27. The second-order valence-corrected chi connectivity index (χ2v) is 6.40. The predicted molar refractivity (Wildman–Crippen MR) is 74.2 cm³/mol. The number of halogens is 1. The first kappa shape index (κ1) is 17.3. The van der Waals surface area contributed by atoms with Gasteiger partial charge in [-0.2, -0.15) is 8.42 Å². The van der Waals surface area contributed by atoms with E-state index < -0.39 is 34.4 Å². The molecule has 0 aliphatic heterocycles. The van der Waals surface area contributed by atoms with Crippen LogP contribution >= 0.6 is 0 Å². The number of hydrogen-bond acceptors (Lipinski definition) is 5.